The minimum atomic E-state index is -0.575. The molecule has 1 aromatic carbocycles. The second-order valence-electron chi connectivity index (χ2n) is 5.83. The van der Waals surface area contributed by atoms with Crippen molar-refractivity contribution in [3.05, 3.63) is 36.4 Å². The number of anilines is 1. The van der Waals surface area contributed by atoms with Crippen LogP contribution in [0.3, 0.4) is 0 Å². The van der Waals surface area contributed by atoms with Crippen molar-refractivity contribution >= 4 is 11.9 Å². The number of amides is 1. The highest BCUT2D eigenvalue weighted by Gasteiger charge is 2.21. The second-order valence-corrected chi connectivity index (χ2v) is 5.83. The molecule has 0 radical (unpaired) electrons. The zero-order chi connectivity index (χ0) is 16.3. The monoisotopic (exact) mass is 301 g/mol. The van der Waals surface area contributed by atoms with Crippen LogP contribution in [-0.4, -0.2) is 34.0 Å². The van der Waals surface area contributed by atoms with Crippen LogP contribution in [0.2, 0.25) is 0 Å². The van der Waals surface area contributed by atoms with Crippen molar-refractivity contribution in [1.82, 2.24) is 10.2 Å². The normalized spacial score (nSPS) is 11.1. The van der Waals surface area contributed by atoms with Crippen LogP contribution in [0.1, 0.15) is 20.8 Å². The molecule has 2 aromatic rings. The number of carbonyl (C=O) groups excluding carboxylic acids is 1. The van der Waals surface area contributed by atoms with Gasteiger partial charge in [-0.3, -0.25) is 4.90 Å². The van der Waals surface area contributed by atoms with Gasteiger partial charge in [0.1, 0.15) is 11.4 Å². The molecule has 0 unspecified atom stereocenters. The SMILES string of the molecule is CN(C(=O)OC(C)(C)C)c1ccc(-c2ccccc2O)nn1. The van der Waals surface area contributed by atoms with E-state index in [1.807, 2.05) is 0 Å². The second kappa shape index (κ2) is 6.01. The summed E-state index contributed by atoms with van der Waals surface area (Å²) < 4.78 is 5.27. The Morgan fingerprint density at radius 1 is 1.14 bits per heavy atom. The number of hydrogen-bond donors (Lipinski definition) is 1. The summed E-state index contributed by atoms with van der Waals surface area (Å²) in [5.41, 5.74) is 0.537. The molecule has 0 atom stereocenters. The standard InChI is InChI=1S/C16H19N3O3/c1-16(2,3)22-15(21)19(4)14-10-9-12(17-18-14)11-7-5-6-8-13(11)20/h5-10,20H,1-4H3. The van der Waals surface area contributed by atoms with E-state index in [0.717, 1.165) is 0 Å². The van der Waals surface area contributed by atoms with Gasteiger partial charge in [-0.15, -0.1) is 10.2 Å². The van der Waals surface area contributed by atoms with E-state index in [2.05, 4.69) is 10.2 Å². The van der Waals surface area contributed by atoms with E-state index < -0.39 is 11.7 Å². The highest BCUT2D eigenvalue weighted by atomic mass is 16.6. The molecule has 6 nitrogen and oxygen atoms in total. The lowest BCUT2D eigenvalue weighted by atomic mass is 10.1. The van der Waals surface area contributed by atoms with Gasteiger partial charge >= 0.3 is 6.09 Å². The summed E-state index contributed by atoms with van der Waals surface area (Å²) in [6.45, 7) is 5.39. The van der Waals surface area contributed by atoms with Crippen LogP contribution in [-0.2, 0) is 4.74 Å². The largest absolute Gasteiger partial charge is 0.507 e. The van der Waals surface area contributed by atoms with Crippen LogP contribution in [0.5, 0.6) is 5.75 Å². The first-order chi connectivity index (χ1) is 10.3. The zero-order valence-corrected chi connectivity index (χ0v) is 13.1. The van der Waals surface area contributed by atoms with E-state index in [1.54, 1.807) is 64.2 Å². The maximum absolute atomic E-state index is 12.0. The summed E-state index contributed by atoms with van der Waals surface area (Å²) >= 11 is 0. The Morgan fingerprint density at radius 2 is 1.82 bits per heavy atom. The molecule has 0 bridgehead atoms. The predicted octanol–water partition coefficient (Wildman–Crippen LogP) is 3.22. The Balaban J connectivity index is 2.19. The zero-order valence-electron chi connectivity index (χ0n) is 13.1. The van der Waals surface area contributed by atoms with E-state index >= 15 is 0 Å². The van der Waals surface area contributed by atoms with Crippen LogP contribution in [0.15, 0.2) is 36.4 Å². The third-order valence-electron chi connectivity index (χ3n) is 2.84. The number of carbonyl (C=O) groups is 1. The number of rotatable bonds is 2. The van der Waals surface area contributed by atoms with Gasteiger partial charge in [-0.2, -0.15) is 0 Å². The molecule has 1 heterocycles. The molecule has 116 valence electrons. The molecule has 0 aliphatic rings. The maximum atomic E-state index is 12.0. The minimum Gasteiger partial charge on any atom is -0.507 e. The Morgan fingerprint density at radius 3 is 2.36 bits per heavy atom. The molecule has 22 heavy (non-hydrogen) atoms. The van der Waals surface area contributed by atoms with Crippen LogP contribution >= 0.6 is 0 Å². The molecule has 6 heteroatoms. The van der Waals surface area contributed by atoms with Crippen LogP contribution < -0.4 is 4.90 Å². The number of para-hydroxylation sites is 1. The summed E-state index contributed by atoms with van der Waals surface area (Å²) in [5, 5.41) is 17.9. The number of nitrogens with zero attached hydrogens (tertiary/aromatic N) is 3. The van der Waals surface area contributed by atoms with Gasteiger partial charge in [-0.05, 0) is 45.0 Å². The van der Waals surface area contributed by atoms with Gasteiger partial charge in [0, 0.05) is 12.6 Å². The van der Waals surface area contributed by atoms with E-state index in [9.17, 15) is 9.90 Å². The Hall–Kier alpha value is -2.63. The van der Waals surface area contributed by atoms with E-state index in [4.69, 9.17) is 4.74 Å². The number of hydrogen-bond acceptors (Lipinski definition) is 5. The molecular weight excluding hydrogens is 282 g/mol. The summed E-state index contributed by atoms with van der Waals surface area (Å²) in [6.07, 6.45) is -0.503. The average molecular weight is 301 g/mol. The molecule has 2 rings (SSSR count). The van der Waals surface area contributed by atoms with Crippen LogP contribution in [0.25, 0.3) is 11.3 Å². The topological polar surface area (TPSA) is 75.6 Å². The average Bonchev–Trinajstić information content (AvgIpc) is 2.45. The number of aromatic hydroxyl groups is 1. The van der Waals surface area contributed by atoms with E-state index in [1.165, 1.54) is 4.90 Å². The summed E-state index contributed by atoms with van der Waals surface area (Å²) in [5.74, 6) is 0.499. The lowest BCUT2D eigenvalue weighted by Gasteiger charge is -2.23. The smallest absolute Gasteiger partial charge is 0.415 e. The van der Waals surface area contributed by atoms with Gasteiger partial charge < -0.3 is 9.84 Å². The van der Waals surface area contributed by atoms with Gasteiger partial charge in [0.2, 0.25) is 0 Å². The summed E-state index contributed by atoms with van der Waals surface area (Å²) in [4.78, 5) is 13.2. The fourth-order valence-electron chi connectivity index (χ4n) is 1.76. The van der Waals surface area contributed by atoms with Crippen LogP contribution in [0, 0.1) is 0 Å². The highest BCUT2D eigenvalue weighted by molar-refractivity contribution is 5.86. The molecule has 0 saturated carbocycles. The summed E-state index contributed by atoms with van der Waals surface area (Å²) in [6, 6.07) is 10.2. The highest BCUT2D eigenvalue weighted by Crippen LogP contribution is 2.27. The lowest BCUT2D eigenvalue weighted by molar-refractivity contribution is 0.0588. The Kier molecular flexibility index (Phi) is 4.30. The Labute approximate surface area is 129 Å². The van der Waals surface area contributed by atoms with Crippen molar-refractivity contribution in [3.8, 4) is 17.0 Å². The minimum absolute atomic E-state index is 0.130. The van der Waals surface area contributed by atoms with Crippen LogP contribution in [0.4, 0.5) is 10.6 Å². The van der Waals surface area contributed by atoms with Crippen molar-refractivity contribution in [1.29, 1.82) is 0 Å². The van der Waals surface area contributed by atoms with Gasteiger partial charge in [0.15, 0.2) is 5.82 Å². The maximum Gasteiger partial charge on any atom is 0.415 e. The molecule has 1 N–H and O–H groups in total. The molecule has 1 amide bonds. The third-order valence-corrected chi connectivity index (χ3v) is 2.84. The van der Waals surface area contributed by atoms with Gasteiger partial charge in [0.25, 0.3) is 0 Å². The van der Waals surface area contributed by atoms with Gasteiger partial charge in [0.05, 0.1) is 5.69 Å². The number of phenols is 1. The van der Waals surface area contributed by atoms with Gasteiger partial charge in [-0.1, -0.05) is 12.1 Å². The van der Waals surface area contributed by atoms with Crippen molar-refractivity contribution in [2.75, 3.05) is 11.9 Å². The van der Waals surface area contributed by atoms with E-state index in [0.29, 0.717) is 17.1 Å². The third kappa shape index (κ3) is 3.72. The molecule has 1 aromatic heterocycles. The molecule has 0 aliphatic carbocycles. The first-order valence-electron chi connectivity index (χ1n) is 6.87. The van der Waals surface area contributed by atoms with E-state index in [-0.39, 0.29) is 5.75 Å². The number of benzene rings is 1. The lowest BCUT2D eigenvalue weighted by Crippen LogP contribution is -2.34. The first-order valence-corrected chi connectivity index (χ1v) is 6.87. The molecule has 0 saturated heterocycles. The Bertz CT molecular complexity index is 663. The van der Waals surface area contributed by atoms with Gasteiger partial charge in [-0.25, -0.2) is 4.79 Å². The fraction of sp³-hybridized carbons (Fsp3) is 0.312. The number of phenolic OH excluding ortho intramolecular Hbond substituents is 1. The molecule has 0 fully saturated rings. The molecular formula is C16H19N3O3. The first kappa shape index (κ1) is 15.8. The molecule has 0 spiro atoms. The van der Waals surface area contributed by atoms with Crippen molar-refractivity contribution in [2.45, 2.75) is 26.4 Å². The van der Waals surface area contributed by atoms with Crippen molar-refractivity contribution < 1.29 is 14.6 Å². The summed E-state index contributed by atoms with van der Waals surface area (Å²) in [7, 11) is 1.57. The number of ether oxygens (including phenoxy) is 1. The van der Waals surface area contributed by atoms with Crippen molar-refractivity contribution in [3.63, 3.8) is 0 Å². The fourth-order valence-corrected chi connectivity index (χ4v) is 1.76. The van der Waals surface area contributed by atoms with Crippen molar-refractivity contribution in [2.24, 2.45) is 0 Å². The number of aromatic nitrogens is 2. The quantitative estimate of drug-likeness (QED) is 0.921. The molecule has 0 aliphatic heterocycles. The predicted molar refractivity (Wildman–Crippen MR) is 83.8 cm³/mol.